The SMILES string of the molecule is c1ccc(Cc2nc(CNCc3nc(-c4ccco4)no3)no2)cc1. The maximum atomic E-state index is 5.26. The molecule has 8 nitrogen and oxygen atoms in total. The molecule has 8 heteroatoms. The Morgan fingerprint density at radius 2 is 1.72 bits per heavy atom. The predicted molar refractivity (Wildman–Crippen MR) is 86.1 cm³/mol. The number of nitrogens with zero attached hydrogens (tertiary/aromatic N) is 4. The van der Waals surface area contributed by atoms with Crippen LogP contribution >= 0.6 is 0 Å². The number of benzene rings is 1. The Kier molecular flexibility index (Phi) is 4.34. The van der Waals surface area contributed by atoms with Gasteiger partial charge in [-0.05, 0) is 17.7 Å². The molecule has 3 aromatic heterocycles. The second kappa shape index (κ2) is 7.10. The molecule has 0 bridgehead atoms. The van der Waals surface area contributed by atoms with Crippen LogP contribution < -0.4 is 5.32 Å². The molecule has 0 amide bonds. The first kappa shape index (κ1) is 15.3. The minimum absolute atomic E-state index is 0.399. The Morgan fingerprint density at radius 1 is 0.840 bits per heavy atom. The van der Waals surface area contributed by atoms with E-state index in [2.05, 4.69) is 25.6 Å². The van der Waals surface area contributed by atoms with Gasteiger partial charge >= 0.3 is 0 Å². The molecule has 1 aromatic carbocycles. The van der Waals surface area contributed by atoms with Crippen LogP contribution in [0.1, 0.15) is 23.2 Å². The molecular formula is C17H15N5O3. The lowest BCUT2D eigenvalue weighted by molar-refractivity contribution is 0.361. The van der Waals surface area contributed by atoms with Gasteiger partial charge in [0.15, 0.2) is 11.6 Å². The van der Waals surface area contributed by atoms with Crippen molar-refractivity contribution < 1.29 is 13.5 Å². The number of hydrogen-bond acceptors (Lipinski definition) is 8. The van der Waals surface area contributed by atoms with Crippen LogP contribution in [0.2, 0.25) is 0 Å². The zero-order chi connectivity index (χ0) is 16.9. The summed E-state index contributed by atoms with van der Waals surface area (Å²) in [5.41, 5.74) is 1.13. The van der Waals surface area contributed by atoms with Crippen molar-refractivity contribution in [3.05, 3.63) is 71.9 Å². The topological polar surface area (TPSA) is 103 Å². The summed E-state index contributed by atoms with van der Waals surface area (Å²) in [4.78, 5) is 8.61. The lowest BCUT2D eigenvalue weighted by Gasteiger charge is -1.96. The summed E-state index contributed by atoms with van der Waals surface area (Å²) in [6.07, 6.45) is 2.18. The van der Waals surface area contributed by atoms with Gasteiger partial charge in [-0.2, -0.15) is 9.97 Å². The van der Waals surface area contributed by atoms with Crippen molar-refractivity contribution in [3.8, 4) is 11.6 Å². The molecule has 0 atom stereocenters. The van der Waals surface area contributed by atoms with E-state index in [9.17, 15) is 0 Å². The average molecular weight is 337 g/mol. The molecule has 0 aliphatic rings. The lowest BCUT2D eigenvalue weighted by atomic mass is 10.1. The van der Waals surface area contributed by atoms with E-state index in [-0.39, 0.29) is 0 Å². The molecule has 0 saturated carbocycles. The molecule has 0 spiro atoms. The molecule has 0 aliphatic heterocycles. The van der Waals surface area contributed by atoms with Crippen molar-refractivity contribution in [2.24, 2.45) is 0 Å². The van der Waals surface area contributed by atoms with Gasteiger partial charge in [-0.15, -0.1) is 0 Å². The maximum absolute atomic E-state index is 5.26. The van der Waals surface area contributed by atoms with Crippen LogP contribution in [-0.4, -0.2) is 20.3 Å². The minimum atomic E-state index is 0.399. The van der Waals surface area contributed by atoms with Gasteiger partial charge in [0.25, 0.3) is 0 Å². The highest BCUT2D eigenvalue weighted by atomic mass is 16.5. The highest BCUT2D eigenvalue weighted by Crippen LogP contribution is 2.15. The Hall–Kier alpha value is -3.26. The van der Waals surface area contributed by atoms with E-state index < -0.39 is 0 Å². The van der Waals surface area contributed by atoms with Gasteiger partial charge in [0.1, 0.15) is 0 Å². The second-order valence-electron chi connectivity index (χ2n) is 5.36. The van der Waals surface area contributed by atoms with Crippen LogP contribution in [0.4, 0.5) is 0 Å². The first-order valence-corrected chi connectivity index (χ1v) is 7.79. The van der Waals surface area contributed by atoms with Gasteiger partial charge in [0.05, 0.1) is 25.8 Å². The Balaban J connectivity index is 1.29. The molecule has 126 valence electrons. The molecule has 4 rings (SSSR count). The van der Waals surface area contributed by atoms with Crippen molar-refractivity contribution in [1.29, 1.82) is 0 Å². The minimum Gasteiger partial charge on any atom is -0.461 e. The van der Waals surface area contributed by atoms with Crippen molar-refractivity contribution in [2.45, 2.75) is 19.5 Å². The standard InChI is InChI=1S/C17H15N5O3/c1-2-5-12(6-3-1)9-15-19-14(21-24-15)10-18-11-16-20-17(22-25-16)13-7-4-8-23-13/h1-8,18H,9-11H2. The van der Waals surface area contributed by atoms with E-state index in [1.54, 1.807) is 18.4 Å². The third-order valence-corrected chi connectivity index (χ3v) is 3.48. The van der Waals surface area contributed by atoms with Gasteiger partial charge in [0.2, 0.25) is 17.6 Å². The molecule has 1 N–H and O–H groups in total. The average Bonchev–Trinajstić information content (AvgIpc) is 3.37. The zero-order valence-corrected chi connectivity index (χ0v) is 13.3. The van der Waals surface area contributed by atoms with Crippen molar-refractivity contribution in [2.75, 3.05) is 0 Å². The third-order valence-electron chi connectivity index (χ3n) is 3.48. The summed E-state index contributed by atoms with van der Waals surface area (Å²) in [5, 5.41) is 11.0. The molecule has 25 heavy (non-hydrogen) atoms. The number of furan rings is 1. The van der Waals surface area contributed by atoms with Crippen molar-refractivity contribution in [3.63, 3.8) is 0 Å². The molecule has 0 unspecified atom stereocenters. The third kappa shape index (κ3) is 3.81. The molecule has 0 radical (unpaired) electrons. The van der Waals surface area contributed by atoms with E-state index in [1.807, 2.05) is 30.3 Å². The molecule has 4 aromatic rings. The molecule has 0 fully saturated rings. The van der Waals surface area contributed by atoms with Crippen LogP contribution in [0.15, 0.2) is 62.2 Å². The summed E-state index contributed by atoms with van der Waals surface area (Å²) in [7, 11) is 0. The quantitative estimate of drug-likeness (QED) is 0.549. The fraction of sp³-hybridized carbons (Fsp3) is 0.176. The normalized spacial score (nSPS) is 11.0. The Labute approximate surface area is 142 Å². The number of hydrogen-bond donors (Lipinski definition) is 1. The summed E-state index contributed by atoms with van der Waals surface area (Å²) >= 11 is 0. The molecule has 0 aliphatic carbocycles. The monoisotopic (exact) mass is 337 g/mol. The van der Waals surface area contributed by atoms with E-state index in [0.717, 1.165) is 5.56 Å². The number of aromatic nitrogens is 4. The first-order valence-electron chi connectivity index (χ1n) is 7.79. The lowest BCUT2D eigenvalue weighted by Crippen LogP contribution is -2.14. The number of nitrogens with one attached hydrogen (secondary N) is 1. The van der Waals surface area contributed by atoms with Gasteiger partial charge in [-0.1, -0.05) is 40.6 Å². The van der Waals surface area contributed by atoms with Crippen molar-refractivity contribution in [1.82, 2.24) is 25.6 Å². The fourth-order valence-corrected chi connectivity index (χ4v) is 2.32. The first-order chi connectivity index (χ1) is 12.4. The number of rotatable bonds is 7. The summed E-state index contributed by atoms with van der Waals surface area (Å²) < 4.78 is 15.6. The molecule has 3 heterocycles. The molecule has 0 saturated heterocycles. The van der Waals surface area contributed by atoms with Gasteiger partial charge in [0, 0.05) is 0 Å². The van der Waals surface area contributed by atoms with Gasteiger partial charge in [-0.3, -0.25) is 0 Å². The zero-order valence-electron chi connectivity index (χ0n) is 13.3. The smallest absolute Gasteiger partial charge is 0.241 e. The van der Waals surface area contributed by atoms with Crippen LogP contribution in [0, 0.1) is 0 Å². The highest BCUT2D eigenvalue weighted by Gasteiger charge is 2.11. The van der Waals surface area contributed by atoms with E-state index in [4.69, 9.17) is 13.5 Å². The Bertz CT molecular complexity index is 915. The van der Waals surface area contributed by atoms with Crippen LogP contribution in [0.3, 0.4) is 0 Å². The van der Waals surface area contributed by atoms with Crippen LogP contribution in [0.5, 0.6) is 0 Å². The summed E-state index contributed by atoms with van der Waals surface area (Å²) in [6.45, 7) is 0.840. The van der Waals surface area contributed by atoms with Gasteiger partial charge < -0.3 is 18.8 Å². The maximum Gasteiger partial charge on any atom is 0.241 e. The van der Waals surface area contributed by atoms with Crippen LogP contribution in [0.25, 0.3) is 11.6 Å². The highest BCUT2D eigenvalue weighted by molar-refractivity contribution is 5.44. The second-order valence-corrected chi connectivity index (χ2v) is 5.36. The van der Waals surface area contributed by atoms with Gasteiger partial charge in [-0.25, -0.2) is 0 Å². The fourth-order valence-electron chi connectivity index (χ4n) is 2.32. The van der Waals surface area contributed by atoms with E-state index >= 15 is 0 Å². The predicted octanol–water partition coefficient (Wildman–Crippen LogP) is 2.59. The summed E-state index contributed by atoms with van der Waals surface area (Å²) in [6, 6.07) is 13.5. The van der Waals surface area contributed by atoms with Crippen molar-refractivity contribution >= 4 is 0 Å². The van der Waals surface area contributed by atoms with Crippen LogP contribution in [-0.2, 0) is 19.5 Å². The molecular weight excluding hydrogens is 322 g/mol. The largest absolute Gasteiger partial charge is 0.461 e. The van der Waals surface area contributed by atoms with E-state index in [1.165, 1.54) is 0 Å². The summed E-state index contributed by atoms with van der Waals surface area (Å²) in [5.74, 6) is 2.61. The Morgan fingerprint density at radius 3 is 2.56 bits per heavy atom. The van der Waals surface area contributed by atoms with E-state index in [0.29, 0.717) is 48.7 Å².